The molecular formula is C12H19NO6. The van der Waals surface area contributed by atoms with Crippen molar-refractivity contribution in [1.29, 1.82) is 0 Å². The van der Waals surface area contributed by atoms with Crippen LogP contribution in [0.15, 0.2) is 0 Å². The van der Waals surface area contributed by atoms with Gasteiger partial charge in [0.05, 0.1) is 0 Å². The molecule has 0 aromatic carbocycles. The van der Waals surface area contributed by atoms with Gasteiger partial charge in [-0.1, -0.05) is 13.8 Å². The maximum Gasteiger partial charge on any atom is 0.404 e. The van der Waals surface area contributed by atoms with Crippen LogP contribution in [-0.4, -0.2) is 35.0 Å². The average molecular weight is 273 g/mol. The Morgan fingerprint density at radius 3 is 2.16 bits per heavy atom. The number of hydrogen-bond donors (Lipinski definition) is 2. The molecule has 19 heavy (non-hydrogen) atoms. The van der Waals surface area contributed by atoms with Crippen LogP contribution in [0, 0.1) is 11.8 Å². The zero-order chi connectivity index (χ0) is 14.8. The van der Waals surface area contributed by atoms with E-state index < -0.39 is 35.8 Å². The highest BCUT2D eigenvalue weighted by Crippen LogP contribution is 2.27. The summed E-state index contributed by atoms with van der Waals surface area (Å²) in [6.45, 7) is 6.52. The van der Waals surface area contributed by atoms with Gasteiger partial charge in [-0.15, -0.1) is 0 Å². The molecule has 1 fully saturated rings. The normalized spacial score (nSPS) is 20.7. The molecule has 0 spiro atoms. The summed E-state index contributed by atoms with van der Waals surface area (Å²) < 4.78 is 9.97. The van der Waals surface area contributed by atoms with Crippen molar-refractivity contribution in [2.24, 2.45) is 11.8 Å². The van der Waals surface area contributed by atoms with Gasteiger partial charge in [0.15, 0.2) is 5.92 Å². The second-order valence-electron chi connectivity index (χ2n) is 5.33. The molecule has 0 aromatic heterocycles. The Labute approximate surface area is 111 Å². The van der Waals surface area contributed by atoms with Gasteiger partial charge in [-0.3, -0.25) is 9.59 Å². The third-order valence-electron chi connectivity index (χ3n) is 2.87. The van der Waals surface area contributed by atoms with Gasteiger partial charge in [0.1, 0.15) is 0 Å². The van der Waals surface area contributed by atoms with E-state index in [4.69, 9.17) is 14.6 Å². The zero-order valence-electron chi connectivity index (χ0n) is 11.4. The molecule has 0 aliphatic carbocycles. The highest BCUT2D eigenvalue weighted by Gasteiger charge is 2.44. The molecule has 0 aromatic rings. The van der Waals surface area contributed by atoms with Crippen molar-refractivity contribution in [3.8, 4) is 0 Å². The molecule has 0 bridgehead atoms. The van der Waals surface area contributed by atoms with E-state index in [1.54, 1.807) is 13.8 Å². The Hall–Kier alpha value is -1.79. The first-order valence-electron chi connectivity index (χ1n) is 6.07. The van der Waals surface area contributed by atoms with E-state index >= 15 is 0 Å². The Balaban J connectivity index is 2.76. The highest BCUT2D eigenvalue weighted by molar-refractivity contribution is 5.96. The quantitative estimate of drug-likeness (QED) is 0.588. The molecule has 1 aliphatic rings. The Morgan fingerprint density at radius 1 is 1.32 bits per heavy atom. The number of carbonyl (C=O) groups is 3. The van der Waals surface area contributed by atoms with Gasteiger partial charge in [0, 0.05) is 19.9 Å². The molecule has 1 atom stereocenters. The smallest absolute Gasteiger partial charge is 0.404 e. The number of esters is 2. The van der Waals surface area contributed by atoms with Crippen LogP contribution in [0.2, 0.25) is 0 Å². The van der Waals surface area contributed by atoms with E-state index in [2.05, 4.69) is 5.32 Å². The molecular weight excluding hydrogens is 254 g/mol. The minimum absolute atomic E-state index is 0.0255. The Morgan fingerprint density at radius 2 is 1.79 bits per heavy atom. The van der Waals surface area contributed by atoms with E-state index in [1.165, 1.54) is 13.8 Å². The van der Waals surface area contributed by atoms with Crippen LogP contribution < -0.4 is 5.32 Å². The van der Waals surface area contributed by atoms with Crippen molar-refractivity contribution in [3.63, 3.8) is 0 Å². The predicted octanol–water partition coefficient (Wildman–Crippen LogP) is 1.12. The lowest BCUT2D eigenvalue weighted by Gasteiger charge is -2.34. The topological polar surface area (TPSA) is 102 Å². The number of carbonyl (C=O) groups excluding carboxylic acids is 2. The van der Waals surface area contributed by atoms with Gasteiger partial charge >= 0.3 is 18.0 Å². The van der Waals surface area contributed by atoms with Crippen molar-refractivity contribution in [3.05, 3.63) is 0 Å². The summed E-state index contributed by atoms with van der Waals surface area (Å²) in [5.41, 5.74) is 0. The van der Waals surface area contributed by atoms with E-state index in [1.807, 2.05) is 0 Å². The minimum Gasteiger partial charge on any atom is -0.465 e. The van der Waals surface area contributed by atoms with Crippen molar-refractivity contribution in [2.75, 3.05) is 0 Å². The van der Waals surface area contributed by atoms with Gasteiger partial charge < -0.3 is 19.9 Å². The van der Waals surface area contributed by atoms with E-state index in [9.17, 15) is 14.4 Å². The lowest BCUT2D eigenvalue weighted by Crippen LogP contribution is -2.49. The zero-order valence-corrected chi connectivity index (χ0v) is 11.4. The number of ether oxygens (including phenoxy) is 2. The first-order valence-corrected chi connectivity index (χ1v) is 6.07. The average Bonchev–Trinajstić information content (AvgIpc) is 2.19. The van der Waals surface area contributed by atoms with Crippen LogP contribution in [0.5, 0.6) is 0 Å². The van der Waals surface area contributed by atoms with Crippen LogP contribution in [-0.2, 0) is 19.1 Å². The number of cyclic esters (lactones) is 2. The van der Waals surface area contributed by atoms with Gasteiger partial charge in [-0.2, -0.15) is 0 Å². The summed E-state index contributed by atoms with van der Waals surface area (Å²) in [6.07, 6.45) is -1.17. The first kappa shape index (κ1) is 15.3. The standard InChI is InChI=1S/C12H19NO6/c1-6(2)8(13-11(16)17)5-7-9(14)18-12(3,4)19-10(7)15/h6-8,13H,5H2,1-4H3,(H,16,17). The molecule has 1 rings (SSSR count). The summed E-state index contributed by atoms with van der Waals surface area (Å²) in [5.74, 6) is -3.78. The number of nitrogens with one attached hydrogen (secondary N) is 1. The summed E-state index contributed by atoms with van der Waals surface area (Å²) in [6, 6.07) is -0.524. The van der Waals surface area contributed by atoms with Crippen molar-refractivity contribution in [2.45, 2.75) is 45.9 Å². The molecule has 0 radical (unpaired) electrons. The maximum atomic E-state index is 11.8. The lowest BCUT2D eigenvalue weighted by molar-refractivity contribution is -0.240. The van der Waals surface area contributed by atoms with Gasteiger partial charge in [0.25, 0.3) is 5.79 Å². The van der Waals surface area contributed by atoms with Crippen LogP contribution in [0.3, 0.4) is 0 Å². The third-order valence-corrected chi connectivity index (χ3v) is 2.87. The Kier molecular flexibility index (Phi) is 4.39. The monoisotopic (exact) mass is 273 g/mol. The van der Waals surface area contributed by atoms with Crippen molar-refractivity contribution >= 4 is 18.0 Å². The SMILES string of the molecule is CC(C)C(CC1C(=O)OC(C)(C)OC1=O)NC(=O)O. The molecule has 7 heteroatoms. The highest BCUT2D eigenvalue weighted by atomic mass is 16.7. The first-order chi connectivity index (χ1) is 8.62. The summed E-state index contributed by atoms with van der Waals surface area (Å²) in [5, 5.41) is 11.0. The largest absolute Gasteiger partial charge is 0.465 e. The fraction of sp³-hybridized carbons (Fsp3) is 0.750. The number of amides is 1. The maximum absolute atomic E-state index is 11.8. The summed E-state index contributed by atoms with van der Waals surface area (Å²) in [4.78, 5) is 34.2. The predicted molar refractivity (Wildman–Crippen MR) is 64.2 cm³/mol. The van der Waals surface area contributed by atoms with E-state index in [0.717, 1.165) is 0 Å². The lowest BCUT2D eigenvalue weighted by atomic mass is 9.92. The van der Waals surface area contributed by atoms with Crippen molar-refractivity contribution < 1.29 is 29.0 Å². The van der Waals surface area contributed by atoms with Crippen molar-refractivity contribution in [1.82, 2.24) is 5.32 Å². The fourth-order valence-corrected chi connectivity index (χ4v) is 1.85. The molecule has 2 N–H and O–H groups in total. The fourth-order valence-electron chi connectivity index (χ4n) is 1.85. The molecule has 108 valence electrons. The number of carboxylic acid groups (broad SMARTS) is 1. The number of rotatable bonds is 4. The molecule has 0 saturated carbocycles. The molecule has 1 heterocycles. The molecule has 1 aliphatic heterocycles. The summed E-state index contributed by atoms with van der Waals surface area (Å²) in [7, 11) is 0. The minimum atomic E-state index is -1.27. The van der Waals surface area contributed by atoms with Gasteiger partial charge in [-0.25, -0.2) is 4.79 Å². The molecule has 1 amide bonds. The van der Waals surface area contributed by atoms with E-state index in [0.29, 0.717) is 0 Å². The van der Waals surface area contributed by atoms with E-state index in [-0.39, 0.29) is 12.3 Å². The second kappa shape index (κ2) is 5.46. The van der Waals surface area contributed by atoms with Crippen LogP contribution in [0.1, 0.15) is 34.1 Å². The van der Waals surface area contributed by atoms with Gasteiger partial charge in [0.2, 0.25) is 0 Å². The Bertz CT molecular complexity index is 370. The second-order valence-corrected chi connectivity index (χ2v) is 5.33. The third kappa shape index (κ3) is 4.11. The summed E-state index contributed by atoms with van der Waals surface area (Å²) >= 11 is 0. The molecule has 1 saturated heterocycles. The number of hydrogen-bond acceptors (Lipinski definition) is 5. The molecule has 1 unspecified atom stereocenters. The van der Waals surface area contributed by atoms with Gasteiger partial charge in [-0.05, 0) is 12.3 Å². The van der Waals surface area contributed by atoms with Crippen LogP contribution in [0.25, 0.3) is 0 Å². The van der Waals surface area contributed by atoms with Crippen LogP contribution in [0.4, 0.5) is 4.79 Å². The molecule has 7 nitrogen and oxygen atoms in total. The van der Waals surface area contributed by atoms with Crippen LogP contribution >= 0.6 is 0 Å².